The predicted octanol–water partition coefficient (Wildman–Crippen LogP) is 2.84. The van der Waals surface area contributed by atoms with Gasteiger partial charge in [-0.25, -0.2) is 4.98 Å². The number of alkyl halides is 3. The van der Waals surface area contributed by atoms with E-state index >= 15 is 0 Å². The van der Waals surface area contributed by atoms with E-state index in [-0.39, 0.29) is 11.7 Å². The van der Waals surface area contributed by atoms with Crippen LogP contribution in [0.1, 0.15) is 35.2 Å². The van der Waals surface area contributed by atoms with Crippen LogP contribution in [0.25, 0.3) is 0 Å². The van der Waals surface area contributed by atoms with E-state index in [9.17, 15) is 18.0 Å². The summed E-state index contributed by atoms with van der Waals surface area (Å²) >= 11 is 0. The molecule has 1 aromatic heterocycles. The van der Waals surface area contributed by atoms with Crippen molar-refractivity contribution in [1.82, 2.24) is 4.98 Å². The molecule has 1 aliphatic rings. The van der Waals surface area contributed by atoms with Gasteiger partial charge < -0.3 is 4.74 Å². The van der Waals surface area contributed by atoms with Crippen LogP contribution in [-0.4, -0.2) is 17.4 Å². The van der Waals surface area contributed by atoms with Gasteiger partial charge in [-0.3, -0.25) is 4.79 Å². The first-order valence-electron chi connectivity index (χ1n) is 5.20. The highest BCUT2D eigenvalue weighted by atomic mass is 19.4. The van der Waals surface area contributed by atoms with Gasteiger partial charge >= 0.3 is 6.18 Å². The van der Waals surface area contributed by atoms with E-state index in [4.69, 9.17) is 4.74 Å². The second-order valence-corrected chi connectivity index (χ2v) is 3.91. The summed E-state index contributed by atoms with van der Waals surface area (Å²) in [5.41, 5.74) is -1.10. The molecular weight excluding hydrogens is 235 g/mol. The monoisotopic (exact) mass is 245 g/mol. The maximum absolute atomic E-state index is 12.7. The summed E-state index contributed by atoms with van der Waals surface area (Å²) in [6.45, 7) is 0. The average molecular weight is 245 g/mol. The van der Waals surface area contributed by atoms with Crippen LogP contribution in [-0.2, 0) is 6.18 Å². The molecule has 0 radical (unpaired) electrons. The lowest BCUT2D eigenvalue weighted by molar-refractivity contribution is -0.140. The Kier molecular flexibility index (Phi) is 3.04. The fraction of sp³-hybridized carbons (Fsp3) is 0.455. The van der Waals surface area contributed by atoms with Crippen molar-refractivity contribution in [2.75, 3.05) is 0 Å². The molecule has 0 N–H and O–H groups in total. The number of carbonyl (C=O) groups excluding carboxylic acids is 1. The Bertz CT molecular complexity index is 427. The zero-order valence-corrected chi connectivity index (χ0v) is 8.83. The molecule has 1 fully saturated rings. The molecule has 0 saturated heterocycles. The minimum absolute atomic E-state index is 0.113. The molecule has 0 bridgehead atoms. The highest BCUT2D eigenvalue weighted by Crippen LogP contribution is 2.37. The van der Waals surface area contributed by atoms with E-state index < -0.39 is 17.6 Å². The zero-order chi connectivity index (χ0) is 12.5. The Morgan fingerprint density at radius 2 is 2.12 bits per heavy atom. The zero-order valence-electron chi connectivity index (χ0n) is 8.83. The first-order chi connectivity index (χ1) is 8.00. The minimum atomic E-state index is -4.56. The van der Waals surface area contributed by atoms with Crippen LogP contribution < -0.4 is 4.74 Å². The number of nitrogens with zero attached hydrogens (tertiary/aromatic N) is 1. The van der Waals surface area contributed by atoms with Crippen molar-refractivity contribution in [3.8, 4) is 5.88 Å². The van der Waals surface area contributed by atoms with Gasteiger partial charge in [-0.05, 0) is 25.3 Å². The van der Waals surface area contributed by atoms with E-state index in [1.165, 1.54) is 0 Å². The second-order valence-electron chi connectivity index (χ2n) is 3.91. The van der Waals surface area contributed by atoms with Gasteiger partial charge in [0.25, 0.3) is 0 Å². The van der Waals surface area contributed by atoms with Gasteiger partial charge in [-0.1, -0.05) is 0 Å². The number of halogens is 3. The molecule has 1 aliphatic carbocycles. The van der Waals surface area contributed by atoms with Crippen LogP contribution >= 0.6 is 0 Å². The lowest BCUT2D eigenvalue weighted by Gasteiger charge is -2.27. The van der Waals surface area contributed by atoms with Crippen LogP contribution in [0.3, 0.4) is 0 Å². The van der Waals surface area contributed by atoms with Gasteiger partial charge in [-0.2, -0.15) is 13.2 Å². The third-order valence-corrected chi connectivity index (χ3v) is 2.64. The molecule has 0 spiro atoms. The Hall–Kier alpha value is -1.59. The molecule has 92 valence electrons. The number of hydrogen-bond donors (Lipinski definition) is 0. The number of aromatic nitrogens is 1. The first-order valence-corrected chi connectivity index (χ1v) is 5.20. The lowest BCUT2D eigenvalue weighted by atomic mass is 9.96. The van der Waals surface area contributed by atoms with Crippen molar-refractivity contribution >= 4 is 6.29 Å². The molecule has 3 nitrogen and oxygen atoms in total. The first kappa shape index (κ1) is 11.9. The fourth-order valence-electron chi connectivity index (χ4n) is 1.48. The third kappa shape index (κ3) is 2.57. The highest BCUT2D eigenvalue weighted by molar-refractivity contribution is 5.74. The number of ether oxygens (including phenoxy) is 1. The molecule has 0 aliphatic heterocycles. The Balaban J connectivity index is 2.32. The fourth-order valence-corrected chi connectivity index (χ4v) is 1.48. The number of aldehydes is 1. The van der Waals surface area contributed by atoms with E-state index in [0.29, 0.717) is 6.29 Å². The van der Waals surface area contributed by atoms with Crippen LogP contribution in [0.4, 0.5) is 13.2 Å². The van der Waals surface area contributed by atoms with Crippen LogP contribution in [0.2, 0.25) is 0 Å². The van der Waals surface area contributed by atoms with Crippen molar-refractivity contribution in [3.63, 3.8) is 0 Å². The smallest absolute Gasteiger partial charge is 0.421 e. The molecular formula is C11H10F3NO2. The molecule has 0 amide bonds. The molecule has 1 aromatic rings. The topological polar surface area (TPSA) is 39.2 Å². The third-order valence-electron chi connectivity index (χ3n) is 2.64. The van der Waals surface area contributed by atoms with Gasteiger partial charge in [0.1, 0.15) is 11.7 Å². The summed E-state index contributed by atoms with van der Waals surface area (Å²) in [4.78, 5) is 14.0. The Morgan fingerprint density at radius 1 is 1.41 bits per heavy atom. The van der Waals surface area contributed by atoms with Gasteiger partial charge in [0.2, 0.25) is 5.88 Å². The lowest BCUT2D eigenvalue weighted by Crippen LogP contribution is -2.26. The van der Waals surface area contributed by atoms with Crippen LogP contribution in [0.15, 0.2) is 12.3 Å². The quantitative estimate of drug-likeness (QED) is 0.768. The van der Waals surface area contributed by atoms with E-state index in [1.54, 1.807) is 0 Å². The standard InChI is InChI=1S/C11H10F3NO2/c12-11(13,14)9-4-7(6-16)5-15-10(9)17-8-2-1-3-8/h4-6,8H,1-3H2. The molecule has 1 saturated carbocycles. The normalized spacial score (nSPS) is 16.4. The number of hydrogen-bond acceptors (Lipinski definition) is 3. The van der Waals surface area contributed by atoms with Crippen molar-refractivity contribution in [3.05, 3.63) is 23.4 Å². The number of pyridine rings is 1. The molecule has 17 heavy (non-hydrogen) atoms. The molecule has 1 heterocycles. The summed E-state index contributed by atoms with van der Waals surface area (Å²) in [5.74, 6) is -0.437. The van der Waals surface area contributed by atoms with Crippen LogP contribution in [0, 0.1) is 0 Å². The summed E-state index contributed by atoms with van der Waals surface area (Å²) in [7, 11) is 0. The van der Waals surface area contributed by atoms with Gasteiger partial charge in [-0.15, -0.1) is 0 Å². The summed E-state index contributed by atoms with van der Waals surface area (Å²) in [6.07, 6.45) is -0.900. The molecule has 0 aromatic carbocycles. The Labute approximate surface area is 95.6 Å². The minimum Gasteiger partial charge on any atom is -0.474 e. The second kappa shape index (κ2) is 4.35. The summed E-state index contributed by atoms with van der Waals surface area (Å²) in [5, 5.41) is 0. The molecule has 0 unspecified atom stereocenters. The van der Waals surface area contributed by atoms with Gasteiger partial charge in [0.15, 0.2) is 6.29 Å². The molecule has 6 heteroatoms. The Morgan fingerprint density at radius 3 is 2.59 bits per heavy atom. The van der Waals surface area contributed by atoms with Gasteiger partial charge in [0, 0.05) is 11.8 Å². The van der Waals surface area contributed by atoms with E-state index in [1.807, 2.05) is 0 Å². The summed E-state index contributed by atoms with van der Waals surface area (Å²) < 4.78 is 43.3. The van der Waals surface area contributed by atoms with Crippen molar-refractivity contribution in [1.29, 1.82) is 0 Å². The van der Waals surface area contributed by atoms with Crippen molar-refractivity contribution in [2.45, 2.75) is 31.5 Å². The van der Waals surface area contributed by atoms with E-state index in [2.05, 4.69) is 4.98 Å². The maximum Gasteiger partial charge on any atom is 0.421 e. The van der Waals surface area contributed by atoms with Gasteiger partial charge in [0.05, 0.1) is 0 Å². The maximum atomic E-state index is 12.7. The molecule has 0 atom stereocenters. The average Bonchev–Trinajstić information content (AvgIpc) is 2.22. The SMILES string of the molecule is O=Cc1cnc(OC2CCC2)c(C(F)(F)F)c1. The largest absolute Gasteiger partial charge is 0.474 e. The van der Waals surface area contributed by atoms with Crippen molar-refractivity contribution < 1.29 is 22.7 Å². The highest BCUT2D eigenvalue weighted by Gasteiger charge is 2.36. The van der Waals surface area contributed by atoms with Crippen LogP contribution in [0.5, 0.6) is 5.88 Å². The van der Waals surface area contributed by atoms with E-state index in [0.717, 1.165) is 31.5 Å². The molecule has 2 rings (SSSR count). The summed E-state index contributed by atoms with van der Waals surface area (Å²) in [6, 6.07) is 0.758. The number of carbonyl (C=O) groups is 1. The van der Waals surface area contributed by atoms with Crippen molar-refractivity contribution in [2.24, 2.45) is 0 Å². The number of rotatable bonds is 3. The predicted molar refractivity (Wildman–Crippen MR) is 52.9 cm³/mol.